The summed E-state index contributed by atoms with van der Waals surface area (Å²) in [7, 11) is 0. The predicted molar refractivity (Wildman–Crippen MR) is 197 cm³/mol. The van der Waals surface area contributed by atoms with Crippen molar-refractivity contribution in [3.63, 3.8) is 0 Å². The number of pyridine rings is 5. The van der Waals surface area contributed by atoms with Crippen LogP contribution in [0.15, 0.2) is 152 Å². The predicted octanol–water partition coefficient (Wildman–Crippen LogP) is 10.6. The van der Waals surface area contributed by atoms with Crippen molar-refractivity contribution in [3.05, 3.63) is 152 Å². The molecule has 10 rings (SSSR count). The molecule has 0 atom stereocenters. The Morgan fingerprint density at radius 1 is 0.333 bits per heavy atom. The van der Waals surface area contributed by atoms with E-state index in [1.165, 1.54) is 5.56 Å². The summed E-state index contributed by atoms with van der Waals surface area (Å²) in [5.41, 5.74) is 11.4. The first-order chi connectivity index (χ1) is 23.8. The molecule has 5 aromatic carbocycles. The van der Waals surface area contributed by atoms with Crippen LogP contribution in [0, 0.1) is 0 Å². The highest BCUT2D eigenvalue weighted by Gasteiger charge is 2.17. The number of hydrogen-bond donors (Lipinski definition) is 0. The summed E-state index contributed by atoms with van der Waals surface area (Å²) in [5.74, 6) is 0. The minimum absolute atomic E-state index is 0.850. The third kappa shape index (κ3) is 4.08. The number of hydrogen-bond acceptors (Lipinski definition) is 5. The van der Waals surface area contributed by atoms with Crippen LogP contribution in [0.1, 0.15) is 0 Å². The molecule has 0 fully saturated rings. The van der Waals surface area contributed by atoms with Gasteiger partial charge in [-0.15, -0.1) is 0 Å². The molecule has 0 bridgehead atoms. The van der Waals surface area contributed by atoms with Crippen molar-refractivity contribution >= 4 is 65.4 Å². The monoisotopic (exact) mass is 611 g/mol. The van der Waals surface area contributed by atoms with Crippen molar-refractivity contribution in [1.82, 2.24) is 24.9 Å². The summed E-state index contributed by atoms with van der Waals surface area (Å²) in [4.78, 5) is 25.2. The molecule has 0 saturated heterocycles. The molecule has 0 radical (unpaired) electrons. The number of aromatic nitrogens is 5. The Balaban J connectivity index is 1.19. The second kappa shape index (κ2) is 10.5. The molecule has 5 aromatic heterocycles. The van der Waals surface area contributed by atoms with E-state index in [0.29, 0.717) is 0 Å². The highest BCUT2D eigenvalue weighted by Crippen LogP contribution is 2.39. The average Bonchev–Trinajstić information content (AvgIpc) is 3.16. The zero-order valence-electron chi connectivity index (χ0n) is 25.7. The van der Waals surface area contributed by atoms with E-state index in [4.69, 9.17) is 19.9 Å². The van der Waals surface area contributed by atoms with E-state index in [9.17, 15) is 0 Å². The molecule has 5 heterocycles. The molecule has 0 spiro atoms. The minimum atomic E-state index is 0.850. The fraction of sp³-hybridized carbons (Fsp3) is 0. The topological polar surface area (TPSA) is 64.5 Å². The van der Waals surface area contributed by atoms with E-state index in [1.54, 1.807) is 0 Å². The normalized spacial score (nSPS) is 11.8. The summed E-state index contributed by atoms with van der Waals surface area (Å²) < 4.78 is 0. The van der Waals surface area contributed by atoms with Crippen LogP contribution >= 0.6 is 0 Å². The van der Waals surface area contributed by atoms with E-state index in [2.05, 4.69) is 126 Å². The molecular formula is C43H25N5. The largest absolute Gasteiger partial charge is 0.256 e. The number of para-hydroxylation sites is 1. The highest BCUT2D eigenvalue weighted by molar-refractivity contribution is 6.16. The molecule has 5 heteroatoms. The van der Waals surface area contributed by atoms with Gasteiger partial charge in [0, 0.05) is 61.4 Å². The molecule has 10 aromatic rings. The fourth-order valence-corrected chi connectivity index (χ4v) is 7.08. The van der Waals surface area contributed by atoms with Gasteiger partial charge in [0.1, 0.15) is 0 Å². The maximum absolute atomic E-state index is 5.32. The molecule has 0 aliphatic heterocycles. The van der Waals surface area contributed by atoms with Crippen molar-refractivity contribution < 1.29 is 0 Å². The van der Waals surface area contributed by atoms with Crippen molar-refractivity contribution in [2.45, 2.75) is 0 Å². The number of benzene rings is 5. The SMILES string of the molecule is c1ccc(-c2c3ccccc3nc3c2ccc2ccc(-c4ccc(-c5ccc6ccc7cccnc7c6n5)c5cccnc45)nc23)cc1. The van der Waals surface area contributed by atoms with Gasteiger partial charge in [0.15, 0.2) is 0 Å². The first kappa shape index (κ1) is 26.6. The lowest BCUT2D eigenvalue weighted by Crippen LogP contribution is -1.95. The number of fused-ring (bicyclic) bond motifs is 8. The van der Waals surface area contributed by atoms with Gasteiger partial charge < -0.3 is 0 Å². The van der Waals surface area contributed by atoms with E-state index in [1.807, 2.05) is 30.6 Å². The molecule has 5 nitrogen and oxygen atoms in total. The number of nitrogens with zero attached hydrogens (tertiary/aromatic N) is 5. The lowest BCUT2D eigenvalue weighted by Gasteiger charge is -2.14. The summed E-state index contributed by atoms with van der Waals surface area (Å²) >= 11 is 0. The van der Waals surface area contributed by atoms with Crippen LogP contribution < -0.4 is 0 Å². The molecule has 0 aliphatic rings. The Labute approximate surface area is 275 Å². The van der Waals surface area contributed by atoms with Gasteiger partial charge in [-0.1, -0.05) is 103 Å². The van der Waals surface area contributed by atoms with Crippen LogP contribution in [0.25, 0.3) is 99.1 Å². The summed E-state index contributed by atoms with van der Waals surface area (Å²) in [6.45, 7) is 0. The summed E-state index contributed by atoms with van der Waals surface area (Å²) in [5, 5.41) is 6.41. The van der Waals surface area contributed by atoms with Crippen LogP contribution in [0.3, 0.4) is 0 Å². The van der Waals surface area contributed by atoms with Gasteiger partial charge in [-0.25, -0.2) is 15.0 Å². The zero-order chi connectivity index (χ0) is 31.6. The van der Waals surface area contributed by atoms with E-state index >= 15 is 0 Å². The fourth-order valence-electron chi connectivity index (χ4n) is 7.08. The lowest BCUT2D eigenvalue weighted by atomic mass is 9.95. The molecule has 0 aliphatic carbocycles. The molecule has 0 saturated carbocycles. The number of rotatable bonds is 3. The standard InChI is InChI=1S/C43H25N5/c1-2-8-26(9-3-1)38-32-11-4-5-13-35(32)48-43-34(38)19-16-29-18-23-37(47-41(29)43)33-21-20-30(31-12-7-25-45-42(31)33)36-22-17-28-15-14-27-10-6-24-44-39(27)40(28)46-36/h1-25H. The minimum Gasteiger partial charge on any atom is -0.256 e. The van der Waals surface area contributed by atoms with Crippen molar-refractivity contribution in [2.24, 2.45) is 0 Å². The summed E-state index contributed by atoms with van der Waals surface area (Å²) in [6, 6.07) is 48.3. The van der Waals surface area contributed by atoms with Gasteiger partial charge in [0.05, 0.1) is 44.5 Å². The Bertz CT molecular complexity index is 2900. The van der Waals surface area contributed by atoms with Gasteiger partial charge in [-0.2, -0.15) is 0 Å². The van der Waals surface area contributed by atoms with E-state index < -0.39 is 0 Å². The van der Waals surface area contributed by atoms with Crippen LogP contribution in [0.2, 0.25) is 0 Å². The first-order valence-corrected chi connectivity index (χ1v) is 16.0. The smallest absolute Gasteiger partial charge is 0.0978 e. The Morgan fingerprint density at radius 3 is 1.77 bits per heavy atom. The maximum Gasteiger partial charge on any atom is 0.0978 e. The zero-order valence-corrected chi connectivity index (χ0v) is 25.7. The molecule has 0 amide bonds. The second-order valence-electron chi connectivity index (χ2n) is 12.1. The maximum atomic E-state index is 5.32. The molecule has 48 heavy (non-hydrogen) atoms. The van der Waals surface area contributed by atoms with Gasteiger partial charge in [-0.05, 0) is 42.0 Å². The van der Waals surface area contributed by atoms with Gasteiger partial charge >= 0.3 is 0 Å². The van der Waals surface area contributed by atoms with Crippen molar-refractivity contribution in [1.29, 1.82) is 0 Å². The van der Waals surface area contributed by atoms with Crippen LogP contribution in [0.4, 0.5) is 0 Å². The van der Waals surface area contributed by atoms with Crippen LogP contribution in [0.5, 0.6) is 0 Å². The van der Waals surface area contributed by atoms with E-state index in [-0.39, 0.29) is 0 Å². The van der Waals surface area contributed by atoms with Crippen molar-refractivity contribution in [2.75, 3.05) is 0 Å². The molecule has 222 valence electrons. The van der Waals surface area contributed by atoms with Crippen molar-refractivity contribution in [3.8, 4) is 33.6 Å². The molecule has 0 unspecified atom stereocenters. The van der Waals surface area contributed by atoms with Crippen LogP contribution in [-0.4, -0.2) is 24.9 Å². The average molecular weight is 612 g/mol. The van der Waals surface area contributed by atoms with E-state index in [0.717, 1.165) is 93.5 Å². The quantitative estimate of drug-likeness (QED) is 0.147. The lowest BCUT2D eigenvalue weighted by molar-refractivity contribution is 1.35. The molecule has 0 N–H and O–H groups in total. The van der Waals surface area contributed by atoms with Gasteiger partial charge in [0.2, 0.25) is 0 Å². The van der Waals surface area contributed by atoms with Gasteiger partial charge in [-0.3, -0.25) is 9.97 Å². The third-order valence-electron chi connectivity index (χ3n) is 9.33. The Hall–Kier alpha value is -6.59. The Morgan fingerprint density at radius 2 is 0.938 bits per heavy atom. The summed E-state index contributed by atoms with van der Waals surface area (Å²) in [6.07, 6.45) is 3.67. The van der Waals surface area contributed by atoms with Gasteiger partial charge in [0.25, 0.3) is 0 Å². The van der Waals surface area contributed by atoms with Crippen LogP contribution in [-0.2, 0) is 0 Å². The highest BCUT2D eigenvalue weighted by atomic mass is 14.8. The first-order valence-electron chi connectivity index (χ1n) is 16.0. The second-order valence-corrected chi connectivity index (χ2v) is 12.1. The molecular weight excluding hydrogens is 587 g/mol. The Kier molecular flexibility index (Phi) is 5.81. The third-order valence-corrected chi connectivity index (χ3v) is 9.33.